The van der Waals surface area contributed by atoms with Crippen LogP contribution in [-0.4, -0.2) is 66.4 Å². The Morgan fingerprint density at radius 1 is 0.953 bits per heavy atom. The number of amides is 1. The predicted molar refractivity (Wildman–Crippen MR) is 177 cm³/mol. The number of benzene rings is 1. The van der Waals surface area contributed by atoms with Gasteiger partial charge in [0.25, 0.3) is 0 Å². The molecule has 1 saturated heterocycles. The first kappa shape index (κ1) is 32.2. The molecule has 0 spiro atoms. The number of anilines is 1. The van der Waals surface area contributed by atoms with Gasteiger partial charge in [0.15, 0.2) is 0 Å². The van der Waals surface area contributed by atoms with Gasteiger partial charge >= 0.3 is 12.1 Å². The van der Waals surface area contributed by atoms with Gasteiger partial charge in [-0.2, -0.15) is 10.0 Å². The van der Waals surface area contributed by atoms with E-state index in [1.54, 1.807) is 29.7 Å². The molecular formula is C34H45N5O3S. The summed E-state index contributed by atoms with van der Waals surface area (Å²) in [7, 11) is -1.12. The predicted octanol–water partition coefficient (Wildman–Crippen LogP) is 7.70. The normalized spacial score (nSPS) is 14.3. The maximum atomic E-state index is 12.2. The zero-order valence-corrected chi connectivity index (χ0v) is 27.7. The van der Waals surface area contributed by atoms with Gasteiger partial charge in [-0.25, -0.2) is 14.8 Å². The molecule has 0 atom stereocenters. The lowest BCUT2D eigenvalue weighted by Gasteiger charge is -2.46. The van der Waals surface area contributed by atoms with Gasteiger partial charge in [-0.3, -0.25) is 4.98 Å². The van der Waals surface area contributed by atoms with Gasteiger partial charge in [0.1, 0.15) is 11.4 Å². The molecule has 1 aromatic carbocycles. The van der Waals surface area contributed by atoms with Gasteiger partial charge < -0.3 is 19.7 Å². The smallest absolute Gasteiger partial charge is 0.410 e. The summed E-state index contributed by atoms with van der Waals surface area (Å²) in [5.74, 6) is 4.10. The van der Waals surface area contributed by atoms with Crippen molar-refractivity contribution in [1.29, 1.82) is 0 Å². The van der Waals surface area contributed by atoms with Crippen molar-refractivity contribution >= 4 is 21.8 Å². The minimum atomic E-state index is -1.12. The van der Waals surface area contributed by atoms with Crippen LogP contribution in [0.25, 0.3) is 11.1 Å². The summed E-state index contributed by atoms with van der Waals surface area (Å²) in [5, 5.41) is 8.71. The average molecular weight is 604 g/mol. The highest BCUT2D eigenvalue weighted by molar-refractivity contribution is 8.38. The third kappa shape index (κ3) is 7.99. The highest BCUT2D eigenvalue weighted by Crippen LogP contribution is 2.59. The van der Waals surface area contributed by atoms with Crippen molar-refractivity contribution in [3.63, 3.8) is 0 Å². The number of nitrogens with one attached hydrogen (secondary N) is 1. The van der Waals surface area contributed by atoms with E-state index in [9.17, 15) is 4.79 Å². The van der Waals surface area contributed by atoms with E-state index in [2.05, 4.69) is 73.0 Å². The topological polar surface area (TPSA) is 89.5 Å². The van der Waals surface area contributed by atoms with Crippen molar-refractivity contribution in [3.8, 4) is 34.1 Å². The fourth-order valence-electron chi connectivity index (χ4n) is 5.35. The summed E-state index contributed by atoms with van der Waals surface area (Å²) in [5.41, 5.74) is 2.98. The molecule has 0 unspecified atom stereocenters. The van der Waals surface area contributed by atoms with Crippen LogP contribution in [0, 0.1) is 11.2 Å². The summed E-state index contributed by atoms with van der Waals surface area (Å²) >= 11 is 0. The van der Waals surface area contributed by atoms with E-state index in [1.165, 1.54) is 0 Å². The summed E-state index contributed by atoms with van der Waals surface area (Å²) in [6, 6.07) is 10.2. The van der Waals surface area contributed by atoms with Gasteiger partial charge in [0.2, 0.25) is 0 Å². The highest BCUT2D eigenvalue weighted by atomic mass is 32.3. The molecule has 0 radical (unpaired) electrons. The monoisotopic (exact) mass is 603 g/mol. The largest absolute Gasteiger partial charge is 0.444 e. The highest BCUT2D eigenvalue weighted by Gasteiger charge is 2.34. The minimum absolute atomic E-state index is 0.135. The van der Waals surface area contributed by atoms with Crippen LogP contribution < -0.4 is 10.1 Å². The maximum Gasteiger partial charge on any atom is 0.410 e. The third-order valence-corrected chi connectivity index (χ3v) is 12.5. The van der Waals surface area contributed by atoms with Crippen molar-refractivity contribution in [2.24, 2.45) is 0 Å². The Bertz CT molecular complexity index is 1440. The second-order valence-electron chi connectivity index (χ2n) is 12.7. The van der Waals surface area contributed by atoms with Gasteiger partial charge in [-0.15, -0.1) is 0 Å². The standard InChI is InChI=1S/C34H45N5O3S/c1-23(2)43(24(3)4,25(5)6)14-13-26-11-10-12-31(15-26)41-32-36-18-28(19-37-32)27-16-29(20-35-17-27)38-30-21-39(22-30)33(40)42-34(7,8)9/h10-12,15-20,23-25,30,38H,21-22H2,1-9H3. The third-order valence-electron chi connectivity index (χ3n) is 7.36. The second-order valence-corrected chi connectivity index (χ2v) is 17.3. The Hall–Kier alpha value is -3.77. The molecule has 0 saturated carbocycles. The lowest BCUT2D eigenvalue weighted by molar-refractivity contribution is 0.0105. The first-order valence-corrected chi connectivity index (χ1v) is 16.7. The summed E-state index contributed by atoms with van der Waals surface area (Å²) in [6.45, 7) is 20.5. The van der Waals surface area contributed by atoms with Crippen LogP contribution in [0.4, 0.5) is 10.5 Å². The fourth-order valence-corrected chi connectivity index (χ4v) is 9.62. The molecule has 0 bridgehead atoms. The van der Waals surface area contributed by atoms with Crippen LogP contribution >= 0.6 is 10.0 Å². The van der Waals surface area contributed by atoms with Crippen molar-refractivity contribution < 1.29 is 14.3 Å². The number of nitrogens with zero attached hydrogens (tertiary/aromatic N) is 4. The number of pyridine rings is 1. The van der Waals surface area contributed by atoms with Gasteiger partial charge in [0.05, 0.1) is 11.7 Å². The Balaban J connectivity index is 1.39. The molecule has 1 fully saturated rings. The molecule has 1 N–H and O–H groups in total. The van der Waals surface area contributed by atoms with Crippen LogP contribution in [0.15, 0.2) is 55.1 Å². The summed E-state index contributed by atoms with van der Waals surface area (Å²) < 4.78 is 11.4. The number of carbonyl (C=O) groups excluding carboxylic acids is 1. The molecule has 1 amide bonds. The zero-order valence-electron chi connectivity index (χ0n) is 26.8. The average Bonchev–Trinajstić information content (AvgIpc) is 2.90. The maximum absolute atomic E-state index is 12.2. The van der Waals surface area contributed by atoms with E-state index in [-0.39, 0.29) is 18.1 Å². The molecule has 9 heteroatoms. The summed E-state index contributed by atoms with van der Waals surface area (Å²) in [6.07, 6.45) is 6.71. The number of aromatic nitrogens is 3. The molecule has 43 heavy (non-hydrogen) atoms. The number of likely N-dealkylation sites (tertiary alicyclic amines) is 1. The molecule has 8 nitrogen and oxygen atoms in total. The quantitative estimate of drug-likeness (QED) is 0.264. The van der Waals surface area contributed by atoms with E-state index >= 15 is 0 Å². The molecule has 0 aliphatic carbocycles. The van der Waals surface area contributed by atoms with Crippen molar-refractivity contribution in [3.05, 3.63) is 60.7 Å². The molecule has 230 valence electrons. The molecular weight excluding hydrogens is 558 g/mol. The van der Waals surface area contributed by atoms with Crippen molar-refractivity contribution in [1.82, 2.24) is 19.9 Å². The van der Waals surface area contributed by atoms with Crippen LogP contribution in [0.2, 0.25) is 0 Å². The van der Waals surface area contributed by atoms with E-state index in [1.807, 2.05) is 51.1 Å². The van der Waals surface area contributed by atoms with Crippen molar-refractivity contribution in [2.45, 2.75) is 89.7 Å². The van der Waals surface area contributed by atoms with Crippen LogP contribution in [0.1, 0.15) is 67.9 Å². The van der Waals surface area contributed by atoms with Gasteiger partial charge in [-0.05, 0) is 66.0 Å². The number of hydrogen-bond donors (Lipinski definition) is 1. The van der Waals surface area contributed by atoms with E-state index < -0.39 is 15.6 Å². The van der Waals surface area contributed by atoms with Crippen LogP contribution in [0.3, 0.4) is 0 Å². The lowest BCUT2D eigenvalue weighted by Crippen LogP contribution is -2.57. The Labute approximate surface area is 258 Å². The van der Waals surface area contributed by atoms with Crippen LogP contribution in [0.5, 0.6) is 11.8 Å². The Morgan fingerprint density at radius 2 is 1.60 bits per heavy atom. The first-order chi connectivity index (χ1) is 20.3. The molecule has 3 aromatic rings. The van der Waals surface area contributed by atoms with E-state index in [4.69, 9.17) is 9.47 Å². The fraction of sp³-hybridized carbons (Fsp3) is 0.471. The number of rotatable bonds is 8. The Kier molecular flexibility index (Phi) is 9.91. The minimum Gasteiger partial charge on any atom is -0.444 e. The second kappa shape index (κ2) is 13.3. The first-order valence-electron chi connectivity index (χ1n) is 14.9. The molecule has 2 aromatic heterocycles. The number of carbonyl (C=O) groups is 1. The van der Waals surface area contributed by atoms with Gasteiger partial charge in [-0.1, -0.05) is 53.5 Å². The summed E-state index contributed by atoms with van der Waals surface area (Å²) in [4.78, 5) is 27.1. The molecule has 1 aliphatic rings. The SMILES string of the molecule is CC(C)S(C#Cc1cccc(Oc2ncc(-c3cncc(NC4CN(C(=O)OC(C)(C)C)C4)c3)cn2)c1)(C(C)C)C(C)C. The Morgan fingerprint density at radius 3 is 2.21 bits per heavy atom. The lowest BCUT2D eigenvalue weighted by atomic mass is 10.1. The van der Waals surface area contributed by atoms with E-state index in [0.717, 1.165) is 22.4 Å². The van der Waals surface area contributed by atoms with E-state index in [0.29, 0.717) is 34.6 Å². The molecule has 4 rings (SSSR count). The molecule has 3 heterocycles. The zero-order chi connectivity index (χ0) is 31.4. The van der Waals surface area contributed by atoms with Gasteiger partial charge in [0, 0.05) is 54.6 Å². The van der Waals surface area contributed by atoms with Crippen LogP contribution in [-0.2, 0) is 4.74 Å². The van der Waals surface area contributed by atoms with Crippen molar-refractivity contribution in [2.75, 3.05) is 18.4 Å². The molecule has 1 aliphatic heterocycles. The number of ether oxygens (including phenoxy) is 2. The number of hydrogen-bond acceptors (Lipinski definition) is 7.